The minimum Gasteiger partial charge on any atom is -0.508 e. The average molecular weight is 706 g/mol. The summed E-state index contributed by atoms with van der Waals surface area (Å²) >= 11 is 1.49. The molecule has 1 atom stereocenters. The number of piperidine rings is 1. The summed E-state index contributed by atoms with van der Waals surface area (Å²) in [7, 11) is 0. The second-order valence-corrected chi connectivity index (χ2v) is 13.4. The Balaban J connectivity index is 1.00. The van der Waals surface area contributed by atoms with Crippen LogP contribution in [0.15, 0.2) is 95.9 Å². The number of aromatic hydroxyl groups is 2. The van der Waals surface area contributed by atoms with Crippen molar-refractivity contribution in [3.8, 4) is 17.2 Å². The highest BCUT2D eigenvalue weighted by atomic mass is 32.2. The van der Waals surface area contributed by atoms with Crippen LogP contribution >= 0.6 is 11.8 Å². The van der Waals surface area contributed by atoms with Gasteiger partial charge in [-0.05, 0) is 94.8 Å². The third-order valence-corrected chi connectivity index (χ3v) is 10.1. The second-order valence-electron chi connectivity index (χ2n) is 12.3. The largest absolute Gasteiger partial charge is 0.508 e. The highest BCUT2D eigenvalue weighted by Gasteiger charge is 2.39. The first-order chi connectivity index (χ1) is 24.7. The molecule has 10 nitrogen and oxygen atoms in total. The van der Waals surface area contributed by atoms with Gasteiger partial charge in [0.05, 0.1) is 6.54 Å². The molecule has 0 spiro atoms. The number of nitrogens with one attached hydrogen (secondary N) is 2. The Morgan fingerprint density at radius 2 is 1.55 bits per heavy atom. The first-order valence-corrected chi connectivity index (χ1v) is 17.9. The van der Waals surface area contributed by atoms with E-state index in [2.05, 4.69) is 17.6 Å². The standard InChI is InChI=1S/C40H39N3O7S/c1-2-31(25-6-12-28(44)13-7-25)38(26-8-14-29(45)15-9-26)27-10-16-30(17-11-27)50-22-21-41-36(46)20-23-51-35-5-3-4-32-33(35)24-43(40(32)49)34-18-19-37(47)42-39(34)48/h3-17,34,44-45H,2,18-24H2,1H3,(H,41,46)(H,42,47,48). The molecule has 4 amide bonds. The zero-order chi connectivity index (χ0) is 35.9. The third kappa shape index (κ3) is 8.26. The molecule has 2 aliphatic rings. The van der Waals surface area contributed by atoms with E-state index in [4.69, 9.17) is 4.74 Å². The van der Waals surface area contributed by atoms with Gasteiger partial charge in [0.2, 0.25) is 17.7 Å². The number of benzene rings is 4. The summed E-state index contributed by atoms with van der Waals surface area (Å²) < 4.78 is 5.92. The summed E-state index contributed by atoms with van der Waals surface area (Å²) in [6, 6.07) is 26.8. The van der Waals surface area contributed by atoms with Crippen molar-refractivity contribution in [1.82, 2.24) is 15.5 Å². The van der Waals surface area contributed by atoms with Crippen LogP contribution in [0.3, 0.4) is 0 Å². The number of hydrogen-bond acceptors (Lipinski definition) is 8. The summed E-state index contributed by atoms with van der Waals surface area (Å²) in [5.41, 5.74) is 6.41. The number of allylic oxidation sites excluding steroid dienone is 1. The van der Waals surface area contributed by atoms with Crippen LogP contribution < -0.4 is 15.4 Å². The first-order valence-electron chi connectivity index (χ1n) is 16.9. The van der Waals surface area contributed by atoms with Crippen molar-refractivity contribution in [3.05, 3.63) is 119 Å². The van der Waals surface area contributed by atoms with Gasteiger partial charge >= 0.3 is 0 Å². The molecule has 0 radical (unpaired) electrons. The van der Waals surface area contributed by atoms with E-state index in [1.807, 2.05) is 54.6 Å². The summed E-state index contributed by atoms with van der Waals surface area (Å²) in [6.45, 7) is 3.00. The van der Waals surface area contributed by atoms with Gasteiger partial charge in [-0.25, -0.2) is 0 Å². The summed E-state index contributed by atoms with van der Waals surface area (Å²) in [4.78, 5) is 52.1. The number of phenolic OH excluding ortho intramolecular Hbond substituents is 2. The number of hydrogen-bond donors (Lipinski definition) is 4. The molecule has 6 rings (SSSR count). The molecule has 4 aromatic rings. The minimum atomic E-state index is -0.670. The van der Waals surface area contributed by atoms with Crippen LogP contribution in [0, 0.1) is 0 Å². The number of ether oxygens (including phenoxy) is 1. The molecule has 4 aromatic carbocycles. The molecule has 1 unspecified atom stereocenters. The summed E-state index contributed by atoms with van der Waals surface area (Å²) in [5.74, 6) is 0.471. The van der Waals surface area contributed by atoms with E-state index in [1.54, 1.807) is 36.4 Å². The molecule has 0 saturated carbocycles. The Bertz CT molecular complexity index is 1960. The topological polar surface area (TPSA) is 145 Å². The lowest BCUT2D eigenvalue weighted by atomic mass is 9.88. The van der Waals surface area contributed by atoms with E-state index in [0.717, 1.165) is 44.7 Å². The number of thioether (sulfide) groups is 1. The molecule has 262 valence electrons. The van der Waals surface area contributed by atoms with Crippen LogP contribution in [-0.2, 0) is 20.9 Å². The van der Waals surface area contributed by atoms with Crippen LogP contribution in [0.5, 0.6) is 17.2 Å². The molecular formula is C40H39N3O7S. The number of carbonyl (C=O) groups is 4. The normalized spacial score (nSPS) is 16.0. The van der Waals surface area contributed by atoms with Crippen molar-refractivity contribution in [1.29, 1.82) is 0 Å². The fourth-order valence-electron chi connectivity index (χ4n) is 6.44. The Hall–Kier alpha value is -5.55. The lowest BCUT2D eigenvalue weighted by Crippen LogP contribution is -2.52. The van der Waals surface area contributed by atoms with Gasteiger partial charge in [0.25, 0.3) is 5.91 Å². The van der Waals surface area contributed by atoms with E-state index in [1.165, 1.54) is 16.7 Å². The maximum Gasteiger partial charge on any atom is 0.255 e. The molecule has 1 saturated heterocycles. The van der Waals surface area contributed by atoms with Gasteiger partial charge in [-0.15, -0.1) is 11.8 Å². The fraction of sp³-hybridized carbons (Fsp3) is 0.250. The Morgan fingerprint density at radius 1 is 0.902 bits per heavy atom. The number of rotatable bonds is 13. The minimum absolute atomic E-state index is 0.111. The summed E-state index contributed by atoms with van der Waals surface area (Å²) in [6.07, 6.45) is 1.53. The quantitative estimate of drug-likeness (QED) is 0.0582. The van der Waals surface area contributed by atoms with Crippen LogP contribution in [-0.4, -0.2) is 63.7 Å². The van der Waals surface area contributed by atoms with E-state index < -0.39 is 11.9 Å². The number of nitrogens with zero attached hydrogens (tertiary/aromatic N) is 1. The van der Waals surface area contributed by atoms with Gasteiger partial charge in [-0.2, -0.15) is 0 Å². The zero-order valence-corrected chi connectivity index (χ0v) is 29.0. The number of imide groups is 1. The smallest absolute Gasteiger partial charge is 0.255 e. The van der Waals surface area contributed by atoms with E-state index >= 15 is 0 Å². The molecule has 0 aliphatic carbocycles. The molecule has 1 fully saturated rings. The molecule has 11 heteroatoms. The first kappa shape index (κ1) is 35.3. The van der Waals surface area contributed by atoms with Gasteiger partial charge in [0.1, 0.15) is 29.9 Å². The van der Waals surface area contributed by atoms with Crippen molar-refractivity contribution < 1.29 is 34.1 Å². The molecular weight excluding hydrogens is 667 g/mol. The third-order valence-electron chi connectivity index (χ3n) is 8.99. The Morgan fingerprint density at radius 3 is 2.20 bits per heavy atom. The number of amides is 4. The molecule has 51 heavy (non-hydrogen) atoms. The average Bonchev–Trinajstić information content (AvgIpc) is 3.47. The molecule has 4 N–H and O–H groups in total. The van der Waals surface area contributed by atoms with E-state index in [0.29, 0.717) is 36.6 Å². The fourth-order valence-corrected chi connectivity index (χ4v) is 7.47. The number of phenols is 2. The van der Waals surface area contributed by atoms with Gasteiger partial charge in [0.15, 0.2) is 0 Å². The lowest BCUT2D eigenvalue weighted by Gasteiger charge is -2.29. The van der Waals surface area contributed by atoms with Gasteiger partial charge in [0, 0.05) is 35.6 Å². The monoisotopic (exact) mass is 705 g/mol. The van der Waals surface area contributed by atoms with Crippen molar-refractivity contribution in [3.63, 3.8) is 0 Å². The van der Waals surface area contributed by atoms with Crippen LogP contribution in [0.1, 0.15) is 65.2 Å². The molecule has 0 bridgehead atoms. The molecule has 2 heterocycles. The Kier molecular flexibility index (Phi) is 11.1. The second kappa shape index (κ2) is 16.0. The maximum atomic E-state index is 13.1. The predicted octanol–water partition coefficient (Wildman–Crippen LogP) is 5.91. The van der Waals surface area contributed by atoms with Gasteiger partial charge < -0.3 is 25.2 Å². The van der Waals surface area contributed by atoms with E-state index in [9.17, 15) is 29.4 Å². The van der Waals surface area contributed by atoms with Gasteiger partial charge in [-0.1, -0.05) is 49.4 Å². The molecule has 2 aliphatic heterocycles. The van der Waals surface area contributed by atoms with Crippen molar-refractivity contribution in [2.75, 3.05) is 18.9 Å². The van der Waals surface area contributed by atoms with E-state index in [-0.39, 0.29) is 48.7 Å². The van der Waals surface area contributed by atoms with Gasteiger partial charge in [-0.3, -0.25) is 24.5 Å². The SMILES string of the molecule is CCC(=C(c1ccc(O)cc1)c1ccc(OCCNC(=O)CCSc2cccc3c2CN(C2CCC(=O)NC2=O)C3=O)cc1)c1ccc(O)cc1. The highest BCUT2D eigenvalue weighted by molar-refractivity contribution is 7.99. The number of carbonyl (C=O) groups excluding carboxylic acids is 4. The lowest BCUT2D eigenvalue weighted by molar-refractivity contribution is -0.137. The zero-order valence-electron chi connectivity index (χ0n) is 28.2. The van der Waals surface area contributed by atoms with Crippen LogP contribution in [0.25, 0.3) is 11.1 Å². The Labute approximate surface area is 300 Å². The summed E-state index contributed by atoms with van der Waals surface area (Å²) in [5, 5.41) is 24.9. The number of fused-ring (bicyclic) bond motifs is 1. The molecule has 0 aromatic heterocycles. The highest BCUT2D eigenvalue weighted by Crippen LogP contribution is 2.37. The van der Waals surface area contributed by atoms with Crippen molar-refractivity contribution >= 4 is 46.5 Å². The maximum absolute atomic E-state index is 13.1. The van der Waals surface area contributed by atoms with Crippen molar-refractivity contribution in [2.24, 2.45) is 0 Å². The van der Waals surface area contributed by atoms with Crippen molar-refractivity contribution in [2.45, 2.75) is 50.1 Å². The predicted molar refractivity (Wildman–Crippen MR) is 195 cm³/mol. The van der Waals surface area contributed by atoms with Crippen LogP contribution in [0.2, 0.25) is 0 Å². The van der Waals surface area contributed by atoms with Crippen LogP contribution in [0.4, 0.5) is 0 Å².